The number of hydrogen-bond acceptors (Lipinski definition) is 4. The van der Waals surface area contributed by atoms with Crippen LogP contribution in [0.15, 0.2) is 18.3 Å². The van der Waals surface area contributed by atoms with Crippen LogP contribution in [0, 0.1) is 5.92 Å². The number of carbonyl (C=O) groups is 1. The average Bonchev–Trinajstić information content (AvgIpc) is 2.44. The van der Waals surface area contributed by atoms with E-state index >= 15 is 0 Å². The van der Waals surface area contributed by atoms with Crippen molar-refractivity contribution in [3.05, 3.63) is 23.9 Å². The van der Waals surface area contributed by atoms with E-state index in [1.807, 2.05) is 19.0 Å². The van der Waals surface area contributed by atoms with Gasteiger partial charge in [0.1, 0.15) is 5.82 Å². The van der Waals surface area contributed by atoms with Crippen LogP contribution in [-0.4, -0.2) is 42.2 Å². The molecule has 0 spiro atoms. The third kappa shape index (κ3) is 4.17. The summed E-state index contributed by atoms with van der Waals surface area (Å²) in [4.78, 5) is 18.3. The Balaban J connectivity index is 1.97. The molecule has 1 aliphatic carbocycles. The van der Waals surface area contributed by atoms with Gasteiger partial charge < -0.3 is 15.3 Å². The van der Waals surface area contributed by atoms with E-state index in [1.54, 1.807) is 18.3 Å². The van der Waals surface area contributed by atoms with Crippen molar-refractivity contribution in [1.82, 2.24) is 10.3 Å². The first kappa shape index (κ1) is 15.8. The Morgan fingerprint density at radius 2 is 2.33 bits per heavy atom. The zero-order chi connectivity index (χ0) is 15.5. The molecule has 0 aliphatic heterocycles. The van der Waals surface area contributed by atoms with Crippen LogP contribution in [0.3, 0.4) is 0 Å². The molecule has 0 bridgehead atoms. The van der Waals surface area contributed by atoms with Gasteiger partial charge >= 0.3 is 0 Å². The smallest absolute Gasteiger partial charge is 0.251 e. The zero-order valence-electron chi connectivity index (χ0n) is 13.1. The molecular weight excluding hydrogens is 266 g/mol. The van der Waals surface area contributed by atoms with E-state index in [0.29, 0.717) is 18.0 Å². The maximum atomic E-state index is 12.2. The number of anilines is 1. The molecule has 5 heteroatoms. The van der Waals surface area contributed by atoms with Gasteiger partial charge in [-0.1, -0.05) is 19.8 Å². The predicted molar refractivity (Wildman–Crippen MR) is 83.5 cm³/mol. The van der Waals surface area contributed by atoms with Crippen LogP contribution in [0.25, 0.3) is 0 Å². The molecule has 2 unspecified atom stereocenters. The normalized spacial score (nSPS) is 25.4. The van der Waals surface area contributed by atoms with Crippen molar-refractivity contribution >= 4 is 11.7 Å². The lowest BCUT2D eigenvalue weighted by Gasteiger charge is -2.35. The summed E-state index contributed by atoms with van der Waals surface area (Å²) in [6.45, 7) is 2.47. The van der Waals surface area contributed by atoms with Crippen LogP contribution in [0.2, 0.25) is 0 Å². The highest BCUT2D eigenvalue weighted by Crippen LogP contribution is 2.31. The summed E-state index contributed by atoms with van der Waals surface area (Å²) in [5, 5.41) is 13.4. The van der Waals surface area contributed by atoms with Crippen LogP contribution in [0.5, 0.6) is 0 Å². The van der Waals surface area contributed by atoms with Gasteiger partial charge in [0.15, 0.2) is 0 Å². The van der Waals surface area contributed by atoms with Crippen LogP contribution >= 0.6 is 0 Å². The van der Waals surface area contributed by atoms with Gasteiger partial charge in [-0.2, -0.15) is 0 Å². The number of nitrogens with zero attached hydrogens (tertiary/aromatic N) is 2. The maximum absolute atomic E-state index is 12.2. The number of nitrogens with one attached hydrogen (secondary N) is 1. The van der Waals surface area contributed by atoms with Gasteiger partial charge in [-0.05, 0) is 30.9 Å². The molecule has 0 saturated heterocycles. The van der Waals surface area contributed by atoms with Crippen molar-refractivity contribution in [2.75, 3.05) is 25.5 Å². The number of rotatable bonds is 4. The van der Waals surface area contributed by atoms with Crippen LogP contribution < -0.4 is 10.2 Å². The van der Waals surface area contributed by atoms with Crippen molar-refractivity contribution < 1.29 is 9.90 Å². The van der Waals surface area contributed by atoms with E-state index in [0.717, 1.165) is 31.5 Å². The third-order valence-electron chi connectivity index (χ3n) is 4.11. The van der Waals surface area contributed by atoms with Crippen molar-refractivity contribution in [1.29, 1.82) is 0 Å². The maximum Gasteiger partial charge on any atom is 0.251 e. The summed E-state index contributed by atoms with van der Waals surface area (Å²) in [5.41, 5.74) is -0.189. The quantitative estimate of drug-likeness (QED) is 0.888. The van der Waals surface area contributed by atoms with Gasteiger partial charge in [-0.15, -0.1) is 0 Å². The van der Waals surface area contributed by atoms with Gasteiger partial charge in [0.2, 0.25) is 0 Å². The second-order valence-corrected chi connectivity index (χ2v) is 6.41. The van der Waals surface area contributed by atoms with Crippen molar-refractivity contribution in [2.24, 2.45) is 5.92 Å². The molecule has 2 N–H and O–H groups in total. The topological polar surface area (TPSA) is 65.5 Å². The molecule has 1 aromatic heterocycles. The molecule has 1 aliphatic rings. The first-order valence-corrected chi connectivity index (χ1v) is 7.53. The fraction of sp³-hybridized carbons (Fsp3) is 0.625. The van der Waals surface area contributed by atoms with Crippen molar-refractivity contribution in [3.8, 4) is 0 Å². The summed E-state index contributed by atoms with van der Waals surface area (Å²) in [7, 11) is 3.77. The van der Waals surface area contributed by atoms with Crippen LogP contribution in [0.4, 0.5) is 5.82 Å². The molecule has 116 valence electrons. The number of pyridine rings is 1. The highest BCUT2D eigenvalue weighted by atomic mass is 16.3. The second-order valence-electron chi connectivity index (χ2n) is 6.41. The van der Waals surface area contributed by atoms with E-state index in [4.69, 9.17) is 0 Å². The van der Waals surface area contributed by atoms with Crippen LogP contribution in [-0.2, 0) is 0 Å². The molecule has 1 fully saturated rings. The fourth-order valence-electron chi connectivity index (χ4n) is 2.94. The summed E-state index contributed by atoms with van der Waals surface area (Å²) in [6.07, 6.45) is 5.32. The molecule has 1 amide bonds. The van der Waals surface area contributed by atoms with E-state index < -0.39 is 5.60 Å². The molecule has 0 radical (unpaired) electrons. The van der Waals surface area contributed by atoms with Crippen molar-refractivity contribution in [2.45, 2.75) is 38.2 Å². The standard InChI is InChI=1S/C16H25N3O2/c1-12-5-4-7-16(21,10-12)11-18-15(20)13-6-8-17-14(9-13)19(2)3/h6,8-9,12,21H,4-5,7,10-11H2,1-3H3,(H,18,20). The average molecular weight is 291 g/mol. The minimum Gasteiger partial charge on any atom is -0.388 e. The minimum atomic E-state index is -0.759. The van der Waals surface area contributed by atoms with Crippen LogP contribution in [0.1, 0.15) is 43.0 Å². The highest BCUT2D eigenvalue weighted by molar-refractivity contribution is 5.94. The molecule has 1 aromatic rings. The Morgan fingerprint density at radius 3 is 3.00 bits per heavy atom. The van der Waals surface area contributed by atoms with Gasteiger partial charge in [0.25, 0.3) is 5.91 Å². The van der Waals surface area contributed by atoms with Crippen molar-refractivity contribution in [3.63, 3.8) is 0 Å². The third-order valence-corrected chi connectivity index (χ3v) is 4.11. The Hall–Kier alpha value is -1.62. The predicted octanol–water partition coefficient (Wildman–Crippen LogP) is 1.82. The Bertz CT molecular complexity index is 504. The fourth-order valence-corrected chi connectivity index (χ4v) is 2.94. The highest BCUT2D eigenvalue weighted by Gasteiger charge is 2.32. The van der Waals surface area contributed by atoms with E-state index in [2.05, 4.69) is 17.2 Å². The summed E-state index contributed by atoms with van der Waals surface area (Å²) >= 11 is 0. The first-order valence-electron chi connectivity index (χ1n) is 7.53. The molecule has 2 atom stereocenters. The molecule has 5 nitrogen and oxygen atoms in total. The lowest BCUT2D eigenvalue weighted by Crippen LogP contribution is -2.45. The van der Waals surface area contributed by atoms with E-state index in [1.165, 1.54) is 0 Å². The first-order chi connectivity index (χ1) is 9.89. The van der Waals surface area contributed by atoms with Gasteiger partial charge in [-0.3, -0.25) is 4.79 Å². The van der Waals surface area contributed by atoms with E-state index in [9.17, 15) is 9.90 Å². The van der Waals surface area contributed by atoms with E-state index in [-0.39, 0.29) is 5.91 Å². The summed E-state index contributed by atoms with van der Waals surface area (Å²) < 4.78 is 0. The SMILES string of the molecule is CC1CCCC(O)(CNC(=O)c2ccnc(N(C)C)c2)C1. The molecular formula is C16H25N3O2. The largest absolute Gasteiger partial charge is 0.388 e. The van der Waals surface area contributed by atoms with Gasteiger partial charge in [0, 0.05) is 32.4 Å². The lowest BCUT2D eigenvalue weighted by molar-refractivity contribution is -0.0109. The second kappa shape index (κ2) is 6.43. The Kier molecular flexibility index (Phi) is 4.83. The molecule has 1 heterocycles. The zero-order valence-corrected chi connectivity index (χ0v) is 13.1. The summed E-state index contributed by atoms with van der Waals surface area (Å²) in [6, 6.07) is 3.44. The van der Waals surface area contributed by atoms with Gasteiger partial charge in [-0.25, -0.2) is 4.98 Å². The van der Waals surface area contributed by atoms with Gasteiger partial charge in [0.05, 0.1) is 5.60 Å². The monoisotopic (exact) mass is 291 g/mol. The number of aliphatic hydroxyl groups is 1. The Morgan fingerprint density at radius 1 is 1.57 bits per heavy atom. The summed E-state index contributed by atoms with van der Waals surface area (Å²) in [5.74, 6) is 1.10. The number of amides is 1. The molecule has 21 heavy (non-hydrogen) atoms. The number of carbonyl (C=O) groups excluding carboxylic acids is 1. The number of hydrogen-bond donors (Lipinski definition) is 2. The minimum absolute atomic E-state index is 0.160. The molecule has 2 rings (SSSR count). The Labute approximate surface area is 126 Å². The molecule has 1 saturated carbocycles. The lowest BCUT2D eigenvalue weighted by atomic mass is 9.79. The molecule has 0 aromatic carbocycles. The number of aromatic nitrogens is 1.